The molecule has 2 aromatic rings. The van der Waals surface area contributed by atoms with Crippen molar-refractivity contribution in [3.63, 3.8) is 0 Å². The number of hydrogen-bond donors (Lipinski definition) is 2. The Balaban J connectivity index is 1.42. The Hall–Kier alpha value is -3.88. The van der Waals surface area contributed by atoms with Gasteiger partial charge in [0.25, 0.3) is 5.91 Å². The van der Waals surface area contributed by atoms with Crippen LogP contribution in [0.4, 0.5) is 4.79 Å². The number of hydrogen-bond acceptors (Lipinski definition) is 5. The van der Waals surface area contributed by atoms with Gasteiger partial charge in [0, 0.05) is 38.2 Å². The van der Waals surface area contributed by atoms with Crippen LogP contribution in [0.15, 0.2) is 60.7 Å². The summed E-state index contributed by atoms with van der Waals surface area (Å²) in [4.78, 5) is 51.9. The highest BCUT2D eigenvalue weighted by Crippen LogP contribution is 2.11. The Morgan fingerprint density at radius 2 is 1.45 bits per heavy atom. The molecule has 3 amide bonds. The molecule has 1 aliphatic heterocycles. The maximum atomic E-state index is 12.6. The molecule has 0 bridgehead atoms. The van der Waals surface area contributed by atoms with E-state index >= 15 is 0 Å². The molecule has 3 rings (SSSR count). The van der Waals surface area contributed by atoms with E-state index in [9.17, 15) is 24.3 Å². The molecule has 1 fully saturated rings. The number of benzene rings is 2. The summed E-state index contributed by atoms with van der Waals surface area (Å²) >= 11 is 0. The van der Waals surface area contributed by atoms with Crippen molar-refractivity contribution in [2.45, 2.75) is 25.5 Å². The van der Waals surface area contributed by atoms with Gasteiger partial charge in [-0.25, -0.2) is 9.59 Å². The number of carbonyl (C=O) groups is 4. The summed E-state index contributed by atoms with van der Waals surface area (Å²) in [6, 6.07) is 16.7. The van der Waals surface area contributed by atoms with Crippen LogP contribution in [0.5, 0.6) is 0 Å². The van der Waals surface area contributed by atoms with Crippen LogP contribution >= 0.6 is 0 Å². The molecule has 9 heteroatoms. The van der Waals surface area contributed by atoms with E-state index in [1.807, 2.05) is 12.1 Å². The van der Waals surface area contributed by atoms with E-state index in [-0.39, 0.29) is 31.3 Å². The highest BCUT2D eigenvalue weighted by Gasteiger charge is 2.27. The van der Waals surface area contributed by atoms with Crippen molar-refractivity contribution in [1.29, 1.82) is 0 Å². The fourth-order valence-electron chi connectivity index (χ4n) is 3.51. The molecule has 9 nitrogen and oxygen atoms in total. The highest BCUT2D eigenvalue weighted by atomic mass is 16.5. The van der Waals surface area contributed by atoms with Gasteiger partial charge in [0.15, 0.2) is 0 Å². The normalized spacial score (nSPS) is 14.3. The molecule has 0 radical (unpaired) electrons. The SMILES string of the molecule is O=C(N[C@@H](CCC(=O)N1CCN(C(=O)c2ccccc2)CC1)C(=O)O)OCc1ccccc1. The number of carbonyl (C=O) groups excluding carboxylic acids is 3. The number of nitrogens with zero attached hydrogens (tertiary/aromatic N) is 2. The number of carboxylic acid groups (broad SMARTS) is 1. The molecule has 1 heterocycles. The van der Waals surface area contributed by atoms with Crippen molar-refractivity contribution < 1.29 is 29.0 Å². The summed E-state index contributed by atoms with van der Waals surface area (Å²) in [5, 5.41) is 11.7. The molecule has 0 spiro atoms. The summed E-state index contributed by atoms with van der Waals surface area (Å²) in [5.41, 5.74) is 1.38. The first kappa shape index (κ1) is 23.8. The molecular formula is C24H27N3O6. The average molecular weight is 453 g/mol. The third-order valence-electron chi connectivity index (χ3n) is 5.39. The van der Waals surface area contributed by atoms with E-state index in [4.69, 9.17) is 4.74 Å². The smallest absolute Gasteiger partial charge is 0.408 e. The van der Waals surface area contributed by atoms with Gasteiger partial charge in [-0.15, -0.1) is 0 Å². The predicted octanol–water partition coefficient (Wildman–Crippen LogP) is 2.13. The lowest BCUT2D eigenvalue weighted by Crippen LogP contribution is -2.51. The highest BCUT2D eigenvalue weighted by molar-refractivity contribution is 5.94. The van der Waals surface area contributed by atoms with Gasteiger partial charge in [-0.05, 0) is 24.1 Å². The molecule has 0 saturated carbocycles. The van der Waals surface area contributed by atoms with Crippen LogP contribution in [0.1, 0.15) is 28.8 Å². The summed E-state index contributed by atoms with van der Waals surface area (Å²) in [6.07, 6.45) is -0.952. The van der Waals surface area contributed by atoms with Gasteiger partial charge in [-0.3, -0.25) is 9.59 Å². The molecule has 0 aromatic heterocycles. The van der Waals surface area contributed by atoms with E-state index in [1.54, 1.807) is 58.3 Å². The first-order valence-corrected chi connectivity index (χ1v) is 10.8. The van der Waals surface area contributed by atoms with E-state index < -0.39 is 18.1 Å². The van der Waals surface area contributed by atoms with Crippen molar-refractivity contribution in [2.75, 3.05) is 26.2 Å². The van der Waals surface area contributed by atoms with Crippen LogP contribution in [0.2, 0.25) is 0 Å². The monoisotopic (exact) mass is 453 g/mol. The quantitative estimate of drug-likeness (QED) is 0.633. The van der Waals surface area contributed by atoms with Crippen LogP contribution in [0.25, 0.3) is 0 Å². The van der Waals surface area contributed by atoms with Crippen molar-refractivity contribution >= 4 is 23.9 Å². The molecule has 0 aliphatic carbocycles. The van der Waals surface area contributed by atoms with Crippen LogP contribution < -0.4 is 5.32 Å². The molecule has 2 N–H and O–H groups in total. The number of carboxylic acids is 1. The van der Waals surface area contributed by atoms with E-state index in [0.29, 0.717) is 31.7 Å². The van der Waals surface area contributed by atoms with Crippen molar-refractivity contribution in [3.05, 3.63) is 71.8 Å². The molecule has 2 aromatic carbocycles. The van der Waals surface area contributed by atoms with Crippen LogP contribution in [0, 0.1) is 0 Å². The van der Waals surface area contributed by atoms with Crippen molar-refractivity contribution in [2.24, 2.45) is 0 Å². The predicted molar refractivity (Wildman–Crippen MR) is 119 cm³/mol. The zero-order chi connectivity index (χ0) is 23.6. The maximum Gasteiger partial charge on any atom is 0.408 e. The van der Waals surface area contributed by atoms with E-state index in [0.717, 1.165) is 5.56 Å². The number of piperazine rings is 1. The lowest BCUT2D eigenvalue weighted by molar-refractivity contribution is -0.140. The molecule has 174 valence electrons. The van der Waals surface area contributed by atoms with E-state index in [2.05, 4.69) is 5.32 Å². The third kappa shape index (κ3) is 7.06. The number of rotatable bonds is 8. The largest absolute Gasteiger partial charge is 0.480 e. The molecule has 0 unspecified atom stereocenters. The first-order chi connectivity index (χ1) is 15.9. The summed E-state index contributed by atoms with van der Waals surface area (Å²) < 4.78 is 5.06. The van der Waals surface area contributed by atoms with Gasteiger partial charge < -0.3 is 25.0 Å². The Labute approximate surface area is 191 Å². The van der Waals surface area contributed by atoms with Crippen molar-refractivity contribution in [3.8, 4) is 0 Å². The Morgan fingerprint density at radius 3 is 2.06 bits per heavy atom. The molecule has 1 saturated heterocycles. The van der Waals surface area contributed by atoms with Crippen LogP contribution in [0.3, 0.4) is 0 Å². The summed E-state index contributed by atoms with van der Waals surface area (Å²) in [5.74, 6) is -1.53. The molecular weight excluding hydrogens is 426 g/mol. The van der Waals surface area contributed by atoms with Gasteiger partial charge in [-0.1, -0.05) is 48.5 Å². The first-order valence-electron chi connectivity index (χ1n) is 10.8. The molecule has 1 aliphatic rings. The van der Waals surface area contributed by atoms with Crippen molar-refractivity contribution in [1.82, 2.24) is 15.1 Å². The zero-order valence-corrected chi connectivity index (χ0v) is 18.2. The van der Waals surface area contributed by atoms with Gasteiger partial charge >= 0.3 is 12.1 Å². The fourth-order valence-corrected chi connectivity index (χ4v) is 3.51. The van der Waals surface area contributed by atoms with E-state index in [1.165, 1.54) is 0 Å². The van der Waals surface area contributed by atoms with Gasteiger partial charge in [0.1, 0.15) is 12.6 Å². The fraction of sp³-hybridized carbons (Fsp3) is 0.333. The minimum atomic E-state index is -1.24. The topological polar surface area (TPSA) is 116 Å². The number of ether oxygens (including phenoxy) is 1. The number of nitrogens with one attached hydrogen (secondary N) is 1. The second kappa shape index (κ2) is 11.7. The zero-order valence-electron chi connectivity index (χ0n) is 18.2. The summed E-state index contributed by atoms with van der Waals surface area (Å²) in [7, 11) is 0. The number of aliphatic carboxylic acids is 1. The van der Waals surface area contributed by atoms with Crippen LogP contribution in [-0.4, -0.2) is 71.0 Å². The Kier molecular flexibility index (Phi) is 8.40. The number of alkyl carbamates (subject to hydrolysis) is 1. The van der Waals surface area contributed by atoms with Crippen LogP contribution in [-0.2, 0) is 20.9 Å². The van der Waals surface area contributed by atoms with Gasteiger partial charge in [0.2, 0.25) is 5.91 Å². The lowest BCUT2D eigenvalue weighted by Gasteiger charge is -2.35. The second-order valence-corrected chi connectivity index (χ2v) is 7.67. The Bertz CT molecular complexity index is 959. The lowest BCUT2D eigenvalue weighted by atomic mass is 10.1. The molecule has 33 heavy (non-hydrogen) atoms. The average Bonchev–Trinajstić information content (AvgIpc) is 2.85. The third-order valence-corrected chi connectivity index (χ3v) is 5.39. The second-order valence-electron chi connectivity index (χ2n) is 7.67. The maximum absolute atomic E-state index is 12.6. The number of amides is 3. The standard InChI is InChI=1S/C24H27N3O6/c28-21(26-13-15-27(16-14-26)22(29)19-9-5-2-6-10-19)12-11-20(23(30)31)25-24(32)33-17-18-7-3-1-4-8-18/h1-10,20H,11-17H2,(H,25,32)(H,30,31)/t20-/m0/s1. The van der Waals surface area contributed by atoms with Gasteiger partial charge in [-0.2, -0.15) is 0 Å². The Morgan fingerprint density at radius 1 is 0.879 bits per heavy atom. The minimum Gasteiger partial charge on any atom is -0.480 e. The summed E-state index contributed by atoms with van der Waals surface area (Å²) in [6.45, 7) is 1.59. The van der Waals surface area contributed by atoms with Gasteiger partial charge in [0.05, 0.1) is 0 Å². The minimum absolute atomic E-state index is 0.0178. The molecule has 1 atom stereocenters.